The molecule has 0 saturated carbocycles. The van der Waals surface area contributed by atoms with Crippen LogP contribution in [-0.4, -0.2) is 61.5 Å². The highest BCUT2D eigenvalue weighted by atomic mass is 79.9. The van der Waals surface area contributed by atoms with Crippen LogP contribution in [0.25, 0.3) is 0 Å². The SMILES string of the molecule is COc1ccc([N+](=O)[O-])cc1N(CC(=O)N(Cc1cccc(Br)c1)C(Cc1ccccc1)C(=O)NC(C)(C)C)S(C)(=O)=O. The summed E-state index contributed by atoms with van der Waals surface area (Å²) >= 11 is 3.44. The van der Waals surface area contributed by atoms with Gasteiger partial charge in [0.05, 0.1) is 18.3 Å². The second kappa shape index (κ2) is 14.0. The molecule has 11 nitrogen and oxygen atoms in total. The fourth-order valence-electron chi connectivity index (χ4n) is 4.42. The Kier molecular flexibility index (Phi) is 10.9. The molecule has 0 aliphatic rings. The normalized spacial score (nSPS) is 12.2. The van der Waals surface area contributed by atoms with E-state index in [4.69, 9.17) is 4.74 Å². The van der Waals surface area contributed by atoms with Crippen LogP contribution in [0.2, 0.25) is 0 Å². The van der Waals surface area contributed by atoms with E-state index in [0.29, 0.717) is 5.56 Å². The molecule has 0 radical (unpaired) electrons. The lowest BCUT2D eigenvalue weighted by Gasteiger charge is -2.35. The summed E-state index contributed by atoms with van der Waals surface area (Å²) in [7, 11) is -2.87. The number of hydrogen-bond donors (Lipinski definition) is 1. The summed E-state index contributed by atoms with van der Waals surface area (Å²) in [5.41, 5.74) is 0.321. The molecule has 3 aromatic carbocycles. The van der Waals surface area contributed by atoms with Crippen LogP contribution < -0.4 is 14.4 Å². The van der Waals surface area contributed by atoms with Crippen molar-refractivity contribution in [2.24, 2.45) is 0 Å². The summed E-state index contributed by atoms with van der Waals surface area (Å²) in [5.74, 6) is -1.09. The molecule has 0 fully saturated rings. The summed E-state index contributed by atoms with van der Waals surface area (Å²) in [6.45, 7) is 4.72. The second-order valence-electron chi connectivity index (χ2n) is 11.0. The van der Waals surface area contributed by atoms with Crippen molar-refractivity contribution < 1.29 is 27.7 Å². The number of carbonyl (C=O) groups is 2. The smallest absolute Gasteiger partial charge is 0.271 e. The number of methoxy groups -OCH3 is 1. The predicted molar refractivity (Wildman–Crippen MR) is 168 cm³/mol. The third kappa shape index (κ3) is 9.52. The third-order valence-electron chi connectivity index (χ3n) is 6.33. The minimum atomic E-state index is -4.16. The van der Waals surface area contributed by atoms with Crippen LogP contribution >= 0.6 is 15.9 Å². The van der Waals surface area contributed by atoms with Crippen molar-refractivity contribution >= 4 is 49.1 Å². The van der Waals surface area contributed by atoms with E-state index in [1.165, 1.54) is 24.1 Å². The average Bonchev–Trinajstić information content (AvgIpc) is 2.92. The van der Waals surface area contributed by atoms with Gasteiger partial charge in [-0.1, -0.05) is 58.4 Å². The lowest BCUT2D eigenvalue weighted by atomic mass is 10.0. The number of hydrogen-bond acceptors (Lipinski definition) is 7. The molecule has 3 aromatic rings. The van der Waals surface area contributed by atoms with E-state index >= 15 is 0 Å². The molecule has 3 rings (SSSR count). The van der Waals surface area contributed by atoms with Crippen molar-refractivity contribution in [3.8, 4) is 5.75 Å². The van der Waals surface area contributed by atoms with Crippen molar-refractivity contribution in [2.75, 3.05) is 24.2 Å². The van der Waals surface area contributed by atoms with Gasteiger partial charge in [0.2, 0.25) is 21.8 Å². The van der Waals surface area contributed by atoms with Crippen LogP contribution in [-0.2, 0) is 32.6 Å². The summed E-state index contributed by atoms with van der Waals surface area (Å²) in [6.07, 6.45) is 1.05. The molecule has 2 amide bonds. The molecule has 0 aliphatic carbocycles. The number of halogens is 1. The minimum Gasteiger partial charge on any atom is -0.495 e. The van der Waals surface area contributed by atoms with Crippen LogP contribution in [0, 0.1) is 10.1 Å². The Bertz CT molecular complexity index is 1580. The number of non-ortho nitro benzene ring substituents is 1. The lowest BCUT2D eigenvalue weighted by Crippen LogP contribution is -2.56. The molecule has 0 bridgehead atoms. The van der Waals surface area contributed by atoms with Gasteiger partial charge in [0.25, 0.3) is 5.69 Å². The van der Waals surface area contributed by atoms with Crippen LogP contribution in [0.4, 0.5) is 11.4 Å². The number of nitro groups is 1. The van der Waals surface area contributed by atoms with Gasteiger partial charge >= 0.3 is 0 Å². The summed E-state index contributed by atoms with van der Waals surface area (Å²) in [4.78, 5) is 40.2. The number of sulfonamides is 1. The molecule has 0 spiro atoms. The van der Waals surface area contributed by atoms with Crippen LogP contribution in [0.15, 0.2) is 77.3 Å². The van der Waals surface area contributed by atoms with Crippen molar-refractivity contribution in [1.82, 2.24) is 10.2 Å². The highest BCUT2D eigenvalue weighted by Crippen LogP contribution is 2.34. The number of benzene rings is 3. The number of amides is 2. The second-order valence-corrected chi connectivity index (χ2v) is 13.8. The van der Waals surface area contributed by atoms with Crippen molar-refractivity contribution in [2.45, 2.75) is 45.3 Å². The van der Waals surface area contributed by atoms with E-state index in [9.17, 15) is 28.1 Å². The van der Waals surface area contributed by atoms with Gasteiger partial charge in [0.1, 0.15) is 24.0 Å². The molecule has 1 atom stereocenters. The lowest BCUT2D eigenvalue weighted by molar-refractivity contribution is -0.384. The third-order valence-corrected chi connectivity index (χ3v) is 7.95. The number of ether oxygens (including phenoxy) is 1. The molecule has 0 saturated heterocycles. The van der Waals surface area contributed by atoms with Gasteiger partial charge in [-0.2, -0.15) is 0 Å². The number of rotatable bonds is 12. The molecule has 43 heavy (non-hydrogen) atoms. The van der Waals surface area contributed by atoms with Crippen LogP contribution in [0.1, 0.15) is 31.9 Å². The molecule has 1 unspecified atom stereocenters. The van der Waals surface area contributed by atoms with E-state index < -0.39 is 44.9 Å². The fraction of sp³-hybridized carbons (Fsp3) is 0.333. The zero-order chi connectivity index (χ0) is 31.9. The van der Waals surface area contributed by atoms with Gasteiger partial charge in [0.15, 0.2) is 0 Å². The molecule has 13 heteroatoms. The highest BCUT2D eigenvalue weighted by molar-refractivity contribution is 9.10. The van der Waals surface area contributed by atoms with Crippen LogP contribution in [0.5, 0.6) is 5.75 Å². The first-order valence-corrected chi connectivity index (χ1v) is 15.9. The zero-order valence-electron chi connectivity index (χ0n) is 24.6. The number of nitro benzene ring substituents is 1. The van der Waals surface area contributed by atoms with Crippen molar-refractivity contribution in [3.05, 3.63) is 98.5 Å². The van der Waals surface area contributed by atoms with E-state index in [2.05, 4.69) is 21.2 Å². The predicted octanol–water partition coefficient (Wildman–Crippen LogP) is 4.69. The van der Waals surface area contributed by atoms with Crippen molar-refractivity contribution in [3.63, 3.8) is 0 Å². The standard InChI is InChI=1S/C30H35BrN4O7S/c1-30(2,3)32-29(37)26(17-21-10-7-6-8-11-21)33(19-22-12-9-13-23(31)16-22)28(36)20-34(43(5,40)41)25-18-24(35(38)39)14-15-27(25)42-4/h6-16,18,26H,17,19-20H2,1-5H3,(H,32,37). The summed E-state index contributed by atoms with van der Waals surface area (Å²) in [6, 6.07) is 18.9. The minimum absolute atomic E-state index is 0.0169. The molecular weight excluding hydrogens is 640 g/mol. The van der Waals surface area contributed by atoms with E-state index in [1.54, 1.807) is 18.2 Å². The molecule has 0 aromatic heterocycles. The van der Waals surface area contributed by atoms with Gasteiger partial charge in [-0.05, 0) is 50.1 Å². The maximum Gasteiger partial charge on any atom is 0.271 e. The maximum absolute atomic E-state index is 14.2. The first kappa shape index (κ1) is 33.5. The van der Waals surface area contributed by atoms with Crippen molar-refractivity contribution in [1.29, 1.82) is 0 Å². The summed E-state index contributed by atoms with van der Waals surface area (Å²) in [5, 5.41) is 14.5. The fourth-order valence-corrected chi connectivity index (χ4v) is 5.71. The Morgan fingerprint density at radius 1 is 1.02 bits per heavy atom. The number of carbonyl (C=O) groups excluding carboxylic acids is 2. The van der Waals surface area contributed by atoms with Gasteiger partial charge < -0.3 is 15.0 Å². The first-order chi connectivity index (χ1) is 20.1. The quantitative estimate of drug-likeness (QED) is 0.217. The Hall–Kier alpha value is -3.97. The number of nitrogens with zero attached hydrogens (tertiary/aromatic N) is 3. The zero-order valence-corrected chi connectivity index (χ0v) is 27.0. The van der Waals surface area contributed by atoms with E-state index in [1.807, 2.05) is 57.2 Å². The van der Waals surface area contributed by atoms with E-state index in [-0.39, 0.29) is 30.1 Å². The molecule has 1 N–H and O–H groups in total. The highest BCUT2D eigenvalue weighted by Gasteiger charge is 2.35. The Labute approximate surface area is 260 Å². The van der Waals surface area contributed by atoms with Crippen LogP contribution in [0.3, 0.4) is 0 Å². The Balaban J connectivity index is 2.15. The molecular formula is C30H35BrN4O7S. The molecule has 0 heterocycles. The number of anilines is 1. The number of nitrogens with one attached hydrogen (secondary N) is 1. The largest absolute Gasteiger partial charge is 0.495 e. The maximum atomic E-state index is 14.2. The van der Waals surface area contributed by atoms with Gasteiger partial charge in [0, 0.05) is 35.1 Å². The average molecular weight is 676 g/mol. The Morgan fingerprint density at radius 2 is 1.67 bits per heavy atom. The Morgan fingerprint density at radius 3 is 2.23 bits per heavy atom. The van der Waals surface area contributed by atoms with Gasteiger partial charge in [-0.25, -0.2) is 8.42 Å². The molecule has 0 aliphatic heterocycles. The van der Waals surface area contributed by atoms with E-state index in [0.717, 1.165) is 26.7 Å². The molecule has 230 valence electrons. The monoisotopic (exact) mass is 674 g/mol. The van der Waals surface area contributed by atoms with Gasteiger partial charge in [-0.3, -0.25) is 24.0 Å². The topological polar surface area (TPSA) is 139 Å². The first-order valence-electron chi connectivity index (χ1n) is 13.3. The van der Waals surface area contributed by atoms with Gasteiger partial charge in [-0.15, -0.1) is 0 Å². The summed E-state index contributed by atoms with van der Waals surface area (Å²) < 4.78 is 33.0.